The largest absolute Gasteiger partial charge is 0.481 e. The van der Waals surface area contributed by atoms with E-state index in [1.54, 1.807) is 0 Å². The number of benzene rings is 1. The zero-order chi connectivity index (χ0) is 15.1. The van der Waals surface area contributed by atoms with Crippen LogP contribution in [0.15, 0.2) is 24.3 Å². The topological polar surface area (TPSA) is 45.5 Å². The maximum Gasteiger partial charge on any atom is 0.306 e. The SMILES string of the molecule is Cc1c(CN2CC(C(C)C(=O)O)C2)n(C)c2ccccc12. The number of carboxylic acid groups (broad SMARTS) is 1. The summed E-state index contributed by atoms with van der Waals surface area (Å²) in [6.45, 7) is 6.66. The van der Waals surface area contributed by atoms with Gasteiger partial charge in [0.2, 0.25) is 0 Å². The van der Waals surface area contributed by atoms with Crippen LogP contribution in [-0.4, -0.2) is 33.6 Å². The van der Waals surface area contributed by atoms with E-state index in [2.05, 4.69) is 47.7 Å². The summed E-state index contributed by atoms with van der Waals surface area (Å²) in [7, 11) is 2.11. The fraction of sp³-hybridized carbons (Fsp3) is 0.471. The molecule has 1 aliphatic rings. The fourth-order valence-corrected chi connectivity index (χ4v) is 3.33. The maximum absolute atomic E-state index is 11.0. The molecule has 112 valence electrons. The highest BCUT2D eigenvalue weighted by Gasteiger charge is 2.35. The fourth-order valence-electron chi connectivity index (χ4n) is 3.33. The van der Waals surface area contributed by atoms with Crippen molar-refractivity contribution in [3.05, 3.63) is 35.5 Å². The van der Waals surface area contributed by atoms with Crippen molar-refractivity contribution in [2.75, 3.05) is 13.1 Å². The summed E-state index contributed by atoms with van der Waals surface area (Å²) in [4.78, 5) is 13.3. The van der Waals surface area contributed by atoms with Crippen molar-refractivity contribution in [2.24, 2.45) is 18.9 Å². The number of aryl methyl sites for hydroxylation is 2. The first kappa shape index (κ1) is 14.1. The van der Waals surface area contributed by atoms with Gasteiger partial charge in [0.25, 0.3) is 0 Å². The minimum absolute atomic E-state index is 0.241. The number of carbonyl (C=O) groups is 1. The minimum atomic E-state index is -0.680. The van der Waals surface area contributed by atoms with Gasteiger partial charge in [0.15, 0.2) is 0 Å². The van der Waals surface area contributed by atoms with E-state index in [0.717, 1.165) is 19.6 Å². The molecule has 0 aliphatic carbocycles. The Hall–Kier alpha value is -1.81. The van der Waals surface area contributed by atoms with Gasteiger partial charge in [-0.25, -0.2) is 0 Å². The van der Waals surface area contributed by atoms with Crippen LogP contribution in [0.25, 0.3) is 10.9 Å². The van der Waals surface area contributed by atoms with Crippen molar-refractivity contribution in [2.45, 2.75) is 20.4 Å². The zero-order valence-electron chi connectivity index (χ0n) is 12.8. The van der Waals surface area contributed by atoms with Crippen LogP contribution < -0.4 is 0 Å². The number of hydrogen-bond acceptors (Lipinski definition) is 2. The zero-order valence-corrected chi connectivity index (χ0v) is 12.8. The van der Waals surface area contributed by atoms with Crippen molar-refractivity contribution >= 4 is 16.9 Å². The van der Waals surface area contributed by atoms with Gasteiger partial charge in [-0.3, -0.25) is 9.69 Å². The highest BCUT2D eigenvalue weighted by Crippen LogP contribution is 2.29. The van der Waals surface area contributed by atoms with Gasteiger partial charge in [0.1, 0.15) is 0 Å². The predicted molar refractivity (Wildman–Crippen MR) is 83.2 cm³/mol. The predicted octanol–water partition coefficient (Wildman–Crippen LogP) is 2.64. The van der Waals surface area contributed by atoms with Gasteiger partial charge >= 0.3 is 5.97 Å². The average molecular weight is 286 g/mol. The molecule has 0 amide bonds. The van der Waals surface area contributed by atoms with E-state index in [-0.39, 0.29) is 11.8 Å². The summed E-state index contributed by atoms with van der Waals surface area (Å²) >= 11 is 0. The van der Waals surface area contributed by atoms with E-state index in [9.17, 15) is 4.79 Å². The van der Waals surface area contributed by atoms with Crippen LogP contribution in [0.5, 0.6) is 0 Å². The van der Waals surface area contributed by atoms with Gasteiger partial charge < -0.3 is 9.67 Å². The standard InChI is InChI=1S/C17H22N2O2/c1-11(17(20)21)13-8-19(9-13)10-16-12(2)14-6-4-5-7-15(14)18(16)3/h4-7,11,13H,8-10H2,1-3H3,(H,20,21). The summed E-state index contributed by atoms with van der Waals surface area (Å²) < 4.78 is 2.26. The summed E-state index contributed by atoms with van der Waals surface area (Å²) in [5.41, 5.74) is 3.93. The molecule has 21 heavy (non-hydrogen) atoms. The normalized spacial score (nSPS) is 17.9. The van der Waals surface area contributed by atoms with Gasteiger partial charge in [-0.15, -0.1) is 0 Å². The molecule has 1 saturated heterocycles. The molecular weight excluding hydrogens is 264 g/mol. The number of likely N-dealkylation sites (tertiary alicyclic amines) is 1. The van der Waals surface area contributed by atoms with E-state index in [1.165, 1.54) is 22.2 Å². The number of hydrogen-bond donors (Lipinski definition) is 1. The molecule has 1 fully saturated rings. The highest BCUT2D eigenvalue weighted by atomic mass is 16.4. The van der Waals surface area contributed by atoms with Gasteiger partial charge in [0, 0.05) is 43.3 Å². The molecule has 4 nitrogen and oxygen atoms in total. The van der Waals surface area contributed by atoms with Crippen molar-refractivity contribution in [1.29, 1.82) is 0 Å². The third-order valence-electron chi connectivity index (χ3n) is 4.96. The van der Waals surface area contributed by atoms with Crippen LogP contribution in [0, 0.1) is 18.8 Å². The molecule has 1 atom stereocenters. The molecule has 1 unspecified atom stereocenters. The minimum Gasteiger partial charge on any atom is -0.481 e. The van der Waals surface area contributed by atoms with Crippen LogP contribution in [0.4, 0.5) is 0 Å². The number of aliphatic carboxylic acids is 1. The van der Waals surface area contributed by atoms with Crippen molar-refractivity contribution in [3.63, 3.8) is 0 Å². The monoisotopic (exact) mass is 286 g/mol. The van der Waals surface area contributed by atoms with Crippen molar-refractivity contribution in [1.82, 2.24) is 9.47 Å². The molecule has 2 heterocycles. The lowest BCUT2D eigenvalue weighted by molar-refractivity contribution is -0.145. The Bertz CT molecular complexity index is 644. The molecule has 0 saturated carbocycles. The number of aromatic nitrogens is 1. The lowest BCUT2D eigenvalue weighted by Crippen LogP contribution is -2.50. The Balaban J connectivity index is 1.74. The number of rotatable bonds is 4. The number of fused-ring (bicyclic) bond motifs is 1. The van der Waals surface area contributed by atoms with Crippen LogP contribution in [-0.2, 0) is 18.4 Å². The number of carboxylic acids is 1. The summed E-state index contributed by atoms with van der Waals surface area (Å²) in [6, 6.07) is 8.46. The number of nitrogens with zero attached hydrogens (tertiary/aromatic N) is 2. The average Bonchev–Trinajstić information content (AvgIpc) is 2.66. The highest BCUT2D eigenvalue weighted by molar-refractivity contribution is 5.85. The Labute approximate surface area is 125 Å². The van der Waals surface area contributed by atoms with Crippen molar-refractivity contribution in [3.8, 4) is 0 Å². The van der Waals surface area contributed by atoms with Crippen LogP contribution in [0.2, 0.25) is 0 Å². The molecule has 4 heteroatoms. The van der Waals surface area contributed by atoms with E-state index < -0.39 is 5.97 Å². The third kappa shape index (κ3) is 2.33. The Morgan fingerprint density at radius 1 is 1.38 bits per heavy atom. The molecule has 2 aromatic rings. The first-order valence-electron chi connectivity index (χ1n) is 7.47. The molecule has 0 radical (unpaired) electrons. The number of para-hydroxylation sites is 1. The molecule has 3 rings (SSSR count). The van der Waals surface area contributed by atoms with E-state index in [0.29, 0.717) is 0 Å². The second-order valence-corrected chi connectivity index (χ2v) is 6.23. The van der Waals surface area contributed by atoms with E-state index in [1.807, 2.05) is 6.92 Å². The Kier molecular flexibility index (Phi) is 3.49. The van der Waals surface area contributed by atoms with Crippen molar-refractivity contribution < 1.29 is 9.90 Å². The quantitative estimate of drug-likeness (QED) is 0.940. The molecule has 1 aliphatic heterocycles. The van der Waals surface area contributed by atoms with Gasteiger partial charge in [-0.1, -0.05) is 25.1 Å². The molecular formula is C17H22N2O2. The lowest BCUT2D eigenvalue weighted by atomic mass is 9.87. The first-order valence-corrected chi connectivity index (χ1v) is 7.47. The first-order chi connectivity index (χ1) is 9.99. The van der Waals surface area contributed by atoms with Gasteiger partial charge in [0.05, 0.1) is 5.92 Å². The Morgan fingerprint density at radius 2 is 2.05 bits per heavy atom. The van der Waals surface area contributed by atoms with Gasteiger partial charge in [-0.05, 0) is 24.5 Å². The van der Waals surface area contributed by atoms with Crippen LogP contribution in [0.3, 0.4) is 0 Å². The molecule has 0 bridgehead atoms. The second kappa shape index (κ2) is 5.19. The molecule has 1 aromatic carbocycles. The van der Waals surface area contributed by atoms with Crippen LogP contribution in [0.1, 0.15) is 18.2 Å². The molecule has 0 spiro atoms. The lowest BCUT2D eigenvalue weighted by Gasteiger charge is -2.41. The third-order valence-corrected chi connectivity index (χ3v) is 4.96. The van der Waals surface area contributed by atoms with E-state index in [4.69, 9.17) is 5.11 Å². The summed E-state index contributed by atoms with van der Waals surface area (Å²) in [5, 5.41) is 10.4. The molecule has 1 N–H and O–H groups in total. The summed E-state index contributed by atoms with van der Waals surface area (Å²) in [5.74, 6) is -0.632. The smallest absolute Gasteiger partial charge is 0.306 e. The van der Waals surface area contributed by atoms with Crippen LogP contribution >= 0.6 is 0 Å². The Morgan fingerprint density at radius 3 is 2.67 bits per heavy atom. The maximum atomic E-state index is 11.0. The van der Waals surface area contributed by atoms with E-state index >= 15 is 0 Å². The second-order valence-electron chi connectivity index (χ2n) is 6.23. The summed E-state index contributed by atoms with van der Waals surface area (Å²) in [6.07, 6.45) is 0. The molecule has 1 aromatic heterocycles. The van der Waals surface area contributed by atoms with Gasteiger partial charge in [-0.2, -0.15) is 0 Å².